The summed E-state index contributed by atoms with van der Waals surface area (Å²) in [4.78, 5) is 0. The molecule has 0 amide bonds. The number of anilines is 2. The van der Waals surface area contributed by atoms with Crippen LogP contribution in [0.1, 0.15) is 19.5 Å². The molecule has 0 saturated carbocycles. The summed E-state index contributed by atoms with van der Waals surface area (Å²) in [5.74, 6) is 0. The van der Waals surface area contributed by atoms with Crippen LogP contribution in [0.3, 0.4) is 0 Å². The van der Waals surface area contributed by atoms with Crippen LogP contribution in [0.5, 0.6) is 0 Å². The second-order valence-electron chi connectivity index (χ2n) is 4.31. The van der Waals surface area contributed by atoms with Gasteiger partial charge in [0, 0.05) is 17.6 Å². The van der Waals surface area contributed by atoms with Crippen LogP contribution in [0.4, 0.5) is 11.4 Å². The van der Waals surface area contributed by atoms with Crippen LogP contribution in [0.15, 0.2) is 18.2 Å². The molecule has 0 atom stereocenters. The molecule has 0 aliphatic heterocycles. The number of nitrogens with zero attached hydrogens (tertiary/aromatic N) is 2. The quantitative estimate of drug-likeness (QED) is 0.864. The van der Waals surface area contributed by atoms with E-state index < -0.39 is 0 Å². The third kappa shape index (κ3) is 3.72. The molecule has 1 aromatic heterocycles. The average Bonchev–Trinajstić information content (AvgIpc) is 2.75. The minimum atomic E-state index is 0.296. The number of rotatable bonds is 5. The van der Waals surface area contributed by atoms with Gasteiger partial charge in [-0.1, -0.05) is 33.8 Å². The average molecular weight is 317 g/mol. The Bertz CT molecular complexity index is 556. The molecule has 0 fully saturated rings. The lowest BCUT2D eigenvalue weighted by atomic mass is 10.2. The molecule has 4 nitrogen and oxygen atoms in total. The molecule has 0 bridgehead atoms. The van der Waals surface area contributed by atoms with Crippen LogP contribution in [0, 0.1) is 0 Å². The van der Waals surface area contributed by atoms with Gasteiger partial charge in [-0.3, -0.25) is 0 Å². The molecule has 2 rings (SSSR count). The summed E-state index contributed by atoms with van der Waals surface area (Å²) in [6, 6.07) is 6.01. The van der Waals surface area contributed by atoms with E-state index in [2.05, 4.69) is 34.1 Å². The molecular weight excluding hydrogens is 303 g/mol. The van der Waals surface area contributed by atoms with Crippen molar-refractivity contribution in [2.45, 2.75) is 26.4 Å². The van der Waals surface area contributed by atoms with Gasteiger partial charge in [0.1, 0.15) is 10.0 Å². The fourth-order valence-corrected chi connectivity index (χ4v) is 2.44. The van der Waals surface area contributed by atoms with Crippen molar-refractivity contribution in [1.82, 2.24) is 9.59 Å². The molecule has 0 saturated heterocycles. The zero-order valence-electron chi connectivity index (χ0n) is 10.6. The van der Waals surface area contributed by atoms with E-state index in [1.807, 2.05) is 18.2 Å². The monoisotopic (exact) mass is 316 g/mol. The molecule has 0 aliphatic rings. The summed E-state index contributed by atoms with van der Waals surface area (Å²) >= 11 is 13.4. The number of aromatic nitrogens is 2. The van der Waals surface area contributed by atoms with Crippen LogP contribution in [-0.4, -0.2) is 15.6 Å². The highest BCUT2D eigenvalue weighted by molar-refractivity contribution is 7.10. The predicted molar refractivity (Wildman–Crippen MR) is 82.5 cm³/mol. The number of para-hydroxylation sites is 1. The van der Waals surface area contributed by atoms with Gasteiger partial charge in [0.15, 0.2) is 0 Å². The molecule has 0 unspecified atom stereocenters. The third-order valence-electron chi connectivity index (χ3n) is 2.40. The molecular formula is C12H14Cl2N4S. The second-order valence-corrected chi connectivity index (χ2v) is 6.07. The van der Waals surface area contributed by atoms with Gasteiger partial charge >= 0.3 is 0 Å². The second kappa shape index (κ2) is 6.41. The fourth-order valence-electron chi connectivity index (χ4n) is 1.59. The van der Waals surface area contributed by atoms with Crippen LogP contribution in [0.25, 0.3) is 0 Å². The van der Waals surface area contributed by atoms with Gasteiger partial charge in [0.2, 0.25) is 0 Å². The van der Waals surface area contributed by atoms with Gasteiger partial charge in [-0.25, -0.2) is 0 Å². The molecule has 7 heteroatoms. The van der Waals surface area contributed by atoms with Gasteiger partial charge in [0.25, 0.3) is 0 Å². The van der Waals surface area contributed by atoms with Crippen molar-refractivity contribution in [1.29, 1.82) is 0 Å². The first kappa shape index (κ1) is 14.4. The lowest BCUT2D eigenvalue weighted by Crippen LogP contribution is -2.12. The summed E-state index contributed by atoms with van der Waals surface area (Å²) < 4.78 is 4.40. The summed E-state index contributed by atoms with van der Waals surface area (Å²) in [5, 5.41) is 11.2. The molecule has 19 heavy (non-hydrogen) atoms. The van der Waals surface area contributed by atoms with Gasteiger partial charge in [-0.15, -0.1) is 5.10 Å². The molecule has 1 aromatic carbocycles. The van der Waals surface area contributed by atoms with E-state index in [1.54, 1.807) is 0 Å². The topological polar surface area (TPSA) is 49.8 Å². The molecule has 102 valence electrons. The minimum absolute atomic E-state index is 0.296. The van der Waals surface area contributed by atoms with Crippen LogP contribution in [0.2, 0.25) is 9.36 Å². The highest BCUT2D eigenvalue weighted by Gasteiger charge is 2.10. The van der Waals surface area contributed by atoms with Crippen LogP contribution < -0.4 is 10.6 Å². The van der Waals surface area contributed by atoms with Crippen molar-refractivity contribution in [3.63, 3.8) is 0 Å². The third-order valence-corrected chi connectivity index (χ3v) is 3.70. The molecule has 0 radical (unpaired) electrons. The van der Waals surface area contributed by atoms with Crippen molar-refractivity contribution in [2.75, 3.05) is 10.6 Å². The number of nitrogens with one attached hydrogen (secondary N) is 2. The SMILES string of the molecule is CC(C)Nc1c(Cl)cccc1NCc1nnsc1Cl. The Morgan fingerprint density at radius 3 is 2.74 bits per heavy atom. The summed E-state index contributed by atoms with van der Waals surface area (Å²) in [6.07, 6.45) is 0. The molecule has 2 N–H and O–H groups in total. The van der Waals surface area contributed by atoms with Gasteiger partial charge in [0.05, 0.1) is 22.9 Å². The maximum Gasteiger partial charge on any atom is 0.139 e. The zero-order valence-corrected chi connectivity index (χ0v) is 12.9. The Labute approximate surface area is 126 Å². The maximum absolute atomic E-state index is 6.21. The first-order valence-electron chi connectivity index (χ1n) is 5.83. The van der Waals surface area contributed by atoms with E-state index >= 15 is 0 Å². The smallest absolute Gasteiger partial charge is 0.139 e. The molecule has 0 spiro atoms. The number of hydrogen-bond donors (Lipinski definition) is 2. The van der Waals surface area contributed by atoms with Gasteiger partial charge in [-0.05, 0) is 26.0 Å². The Kier molecular flexibility index (Phi) is 4.85. The number of benzene rings is 1. The van der Waals surface area contributed by atoms with Crippen molar-refractivity contribution >= 4 is 46.1 Å². The number of hydrogen-bond acceptors (Lipinski definition) is 5. The van der Waals surface area contributed by atoms with Gasteiger partial charge < -0.3 is 10.6 Å². The van der Waals surface area contributed by atoms with Crippen LogP contribution in [-0.2, 0) is 6.54 Å². The Morgan fingerprint density at radius 1 is 1.32 bits per heavy atom. The van der Waals surface area contributed by atoms with Crippen LogP contribution >= 0.6 is 34.7 Å². The van der Waals surface area contributed by atoms with E-state index in [0.717, 1.165) is 17.1 Å². The minimum Gasteiger partial charge on any atom is -0.380 e. The first-order chi connectivity index (χ1) is 9.08. The van der Waals surface area contributed by atoms with E-state index in [4.69, 9.17) is 23.2 Å². The standard InChI is InChI=1S/C12H14Cl2N4S/c1-7(2)16-11-8(13)4-3-5-9(11)15-6-10-12(14)19-18-17-10/h3-5,7,15-16H,6H2,1-2H3. The van der Waals surface area contributed by atoms with Crippen molar-refractivity contribution in [2.24, 2.45) is 0 Å². The first-order valence-corrected chi connectivity index (χ1v) is 7.36. The summed E-state index contributed by atoms with van der Waals surface area (Å²) in [6.45, 7) is 4.64. The largest absolute Gasteiger partial charge is 0.380 e. The lowest BCUT2D eigenvalue weighted by molar-refractivity contribution is 0.899. The van der Waals surface area contributed by atoms with Gasteiger partial charge in [-0.2, -0.15) is 0 Å². The van der Waals surface area contributed by atoms with E-state index in [0.29, 0.717) is 21.9 Å². The summed E-state index contributed by atoms with van der Waals surface area (Å²) in [7, 11) is 0. The zero-order chi connectivity index (χ0) is 13.8. The van der Waals surface area contributed by atoms with Crippen molar-refractivity contribution in [3.8, 4) is 0 Å². The Balaban J connectivity index is 2.15. The molecule has 1 heterocycles. The fraction of sp³-hybridized carbons (Fsp3) is 0.333. The maximum atomic E-state index is 6.21. The lowest BCUT2D eigenvalue weighted by Gasteiger charge is -2.17. The Hall–Kier alpha value is -1.04. The number of halogens is 2. The highest BCUT2D eigenvalue weighted by Crippen LogP contribution is 2.31. The molecule has 2 aromatic rings. The normalized spacial score (nSPS) is 10.8. The van der Waals surface area contributed by atoms with E-state index in [1.165, 1.54) is 11.5 Å². The van der Waals surface area contributed by atoms with Crippen molar-refractivity contribution < 1.29 is 0 Å². The van der Waals surface area contributed by atoms with E-state index in [9.17, 15) is 0 Å². The summed E-state index contributed by atoms with van der Waals surface area (Å²) in [5.41, 5.74) is 2.55. The Morgan fingerprint density at radius 2 is 2.11 bits per heavy atom. The predicted octanol–water partition coefficient (Wildman–Crippen LogP) is 4.28. The van der Waals surface area contributed by atoms with Crippen molar-refractivity contribution in [3.05, 3.63) is 33.3 Å². The highest BCUT2D eigenvalue weighted by atomic mass is 35.5. The molecule has 0 aliphatic carbocycles. The van der Waals surface area contributed by atoms with E-state index in [-0.39, 0.29) is 0 Å².